The topological polar surface area (TPSA) is 44.4 Å². The van der Waals surface area contributed by atoms with E-state index in [9.17, 15) is 4.79 Å². The first-order valence-electron chi connectivity index (χ1n) is 7.38. The van der Waals surface area contributed by atoms with Gasteiger partial charge in [-0.2, -0.15) is 0 Å². The second-order valence-electron chi connectivity index (χ2n) is 5.68. The number of aryl methyl sites for hydroxylation is 2. The average molecular weight is 275 g/mol. The van der Waals surface area contributed by atoms with E-state index in [1.165, 1.54) is 36.0 Å². The van der Waals surface area contributed by atoms with Crippen molar-refractivity contribution in [2.24, 2.45) is 0 Å². The molecule has 0 saturated carbocycles. The summed E-state index contributed by atoms with van der Waals surface area (Å²) in [4.78, 5) is 12.9. The number of fused-ring (bicyclic) bond motifs is 1. The van der Waals surface area contributed by atoms with Crippen molar-refractivity contribution in [2.45, 2.75) is 32.2 Å². The van der Waals surface area contributed by atoms with E-state index in [1.54, 1.807) is 19.0 Å². The van der Waals surface area contributed by atoms with Crippen molar-refractivity contribution in [3.05, 3.63) is 34.9 Å². The van der Waals surface area contributed by atoms with E-state index < -0.39 is 0 Å². The molecule has 1 atom stereocenters. The molecule has 20 heavy (non-hydrogen) atoms. The predicted molar refractivity (Wildman–Crippen MR) is 82.0 cm³/mol. The number of nitrogens with zero attached hydrogens (tertiary/aromatic N) is 1. The van der Waals surface area contributed by atoms with E-state index in [-0.39, 0.29) is 6.03 Å². The van der Waals surface area contributed by atoms with Gasteiger partial charge < -0.3 is 15.5 Å². The Morgan fingerprint density at radius 3 is 2.75 bits per heavy atom. The SMILES string of the molecule is CC(NCCNC(=O)N(C)C)c1ccc2c(c1)CCC2. The van der Waals surface area contributed by atoms with Gasteiger partial charge in [-0.15, -0.1) is 0 Å². The molecule has 0 heterocycles. The standard InChI is InChI=1S/C16H25N3O/c1-12(17-9-10-18-16(20)19(2)3)14-8-7-13-5-4-6-15(13)11-14/h7-8,11-12,17H,4-6,9-10H2,1-3H3,(H,18,20). The lowest BCUT2D eigenvalue weighted by molar-refractivity contribution is 0.217. The summed E-state index contributed by atoms with van der Waals surface area (Å²) in [5, 5.41) is 6.31. The molecular weight excluding hydrogens is 250 g/mol. The molecule has 0 spiro atoms. The quantitative estimate of drug-likeness (QED) is 0.808. The monoisotopic (exact) mass is 275 g/mol. The summed E-state index contributed by atoms with van der Waals surface area (Å²) in [5.74, 6) is 0. The van der Waals surface area contributed by atoms with Crippen molar-refractivity contribution in [3.63, 3.8) is 0 Å². The van der Waals surface area contributed by atoms with Crippen LogP contribution in [-0.2, 0) is 12.8 Å². The van der Waals surface area contributed by atoms with Crippen molar-refractivity contribution in [1.29, 1.82) is 0 Å². The fraction of sp³-hybridized carbons (Fsp3) is 0.562. The number of rotatable bonds is 5. The van der Waals surface area contributed by atoms with Crippen LogP contribution in [0.15, 0.2) is 18.2 Å². The van der Waals surface area contributed by atoms with E-state index in [2.05, 4.69) is 35.8 Å². The Labute approximate surface area is 121 Å². The maximum Gasteiger partial charge on any atom is 0.316 e. The highest BCUT2D eigenvalue weighted by Crippen LogP contribution is 2.25. The van der Waals surface area contributed by atoms with Crippen molar-refractivity contribution >= 4 is 6.03 Å². The first kappa shape index (κ1) is 14.9. The van der Waals surface area contributed by atoms with Crippen LogP contribution in [0.4, 0.5) is 4.79 Å². The van der Waals surface area contributed by atoms with Crippen LogP contribution in [0, 0.1) is 0 Å². The van der Waals surface area contributed by atoms with Gasteiger partial charge in [0.1, 0.15) is 0 Å². The lowest BCUT2D eigenvalue weighted by Gasteiger charge is -2.17. The molecule has 1 aromatic carbocycles. The van der Waals surface area contributed by atoms with E-state index in [1.807, 2.05) is 0 Å². The van der Waals surface area contributed by atoms with Crippen LogP contribution in [0.3, 0.4) is 0 Å². The van der Waals surface area contributed by atoms with Crippen molar-refractivity contribution < 1.29 is 4.79 Å². The average Bonchev–Trinajstić information content (AvgIpc) is 2.90. The zero-order chi connectivity index (χ0) is 14.5. The van der Waals surface area contributed by atoms with Gasteiger partial charge in [0.25, 0.3) is 0 Å². The lowest BCUT2D eigenvalue weighted by Crippen LogP contribution is -2.38. The van der Waals surface area contributed by atoms with Gasteiger partial charge in [0.05, 0.1) is 0 Å². The van der Waals surface area contributed by atoms with Gasteiger partial charge >= 0.3 is 6.03 Å². The summed E-state index contributed by atoms with van der Waals surface area (Å²) in [7, 11) is 3.49. The van der Waals surface area contributed by atoms with E-state index in [0.717, 1.165) is 6.54 Å². The maximum absolute atomic E-state index is 11.4. The van der Waals surface area contributed by atoms with E-state index in [0.29, 0.717) is 12.6 Å². The highest BCUT2D eigenvalue weighted by molar-refractivity contribution is 5.73. The van der Waals surface area contributed by atoms with Gasteiger partial charge in [-0.3, -0.25) is 0 Å². The minimum absolute atomic E-state index is 0.0445. The number of hydrogen-bond donors (Lipinski definition) is 2. The lowest BCUT2D eigenvalue weighted by atomic mass is 10.0. The third-order valence-electron chi connectivity index (χ3n) is 3.88. The Kier molecular flexibility index (Phi) is 5.01. The van der Waals surface area contributed by atoms with Crippen LogP contribution in [-0.4, -0.2) is 38.1 Å². The molecule has 2 rings (SSSR count). The van der Waals surface area contributed by atoms with Crippen LogP contribution in [0.2, 0.25) is 0 Å². The predicted octanol–water partition coefficient (Wildman–Crippen LogP) is 2.10. The highest BCUT2D eigenvalue weighted by Gasteiger charge is 2.13. The van der Waals surface area contributed by atoms with E-state index in [4.69, 9.17) is 0 Å². The van der Waals surface area contributed by atoms with Crippen molar-refractivity contribution in [2.75, 3.05) is 27.2 Å². The van der Waals surface area contributed by atoms with Crippen LogP contribution in [0.5, 0.6) is 0 Å². The summed E-state index contributed by atoms with van der Waals surface area (Å²) >= 11 is 0. The number of amides is 2. The van der Waals surface area contributed by atoms with Crippen LogP contribution < -0.4 is 10.6 Å². The Morgan fingerprint density at radius 1 is 1.25 bits per heavy atom. The fourth-order valence-corrected chi connectivity index (χ4v) is 2.60. The van der Waals surface area contributed by atoms with Gasteiger partial charge in [-0.25, -0.2) is 4.79 Å². The molecule has 4 heteroatoms. The Bertz CT molecular complexity index is 471. The van der Waals surface area contributed by atoms with Crippen LogP contribution >= 0.6 is 0 Å². The molecule has 1 aliphatic rings. The molecule has 4 nitrogen and oxygen atoms in total. The largest absolute Gasteiger partial charge is 0.337 e. The Morgan fingerprint density at radius 2 is 2.00 bits per heavy atom. The molecule has 0 radical (unpaired) electrons. The second-order valence-corrected chi connectivity index (χ2v) is 5.68. The second kappa shape index (κ2) is 6.75. The number of carbonyl (C=O) groups excluding carboxylic acids is 1. The van der Waals surface area contributed by atoms with Crippen molar-refractivity contribution in [3.8, 4) is 0 Å². The van der Waals surface area contributed by atoms with Gasteiger partial charge in [0.15, 0.2) is 0 Å². The summed E-state index contributed by atoms with van der Waals surface area (Å²) in [6.45, 7) is 3.59. The maximum atomic E-state index is 11.4. The van der Waals surface area contributed by atoms with Gasteiger partial charge in [-0.05, 0) is 42.9 Å². The third-order valence-corrected chi connectivity index (χ3v) is 3.88. The molecular formula is C16H25N3O. The molecule has 2 N–H and O–H groups in total. The number of urea groups is 1. The van der Waals surface area contributed by atoms with Crippen LogP contribution in [0.1, 0.15) is 36.1 Å². The minimum atomic E-state index is -0.0445. The van der Waals surface area contributed by atoms with Crippen molar-refractivity contribution in [1.82, 2.24) is 15.5 Å². The van der Waals surface area contributed by atoms with Gasteiger partial charge in [0, 0.05) is 33.2 Å². The molecule has 2 amide bonds. The summed E-state index contributed by atoms with van der Waals surface area (Å²) < 4.78 is 0. The Balaban J connectivity index is 1.77. The molecule has 110 valence electrons. The smallest absolute Gasteiger partial charge is 0.316 e. The highest BCUT2D eigenvalue weighted by atomic mass is 16.2. The molecule has 0 aliphatic heterocycles. The first-order chi connectivity index (χ1) is 9.58. The van der Waals surface area contributed by atoms with E-state index >= 15 is 0 Å². The minimum Gasteiger partial charge on any atom is -0.337 e. The fourth-order valence-electron chi connectivity index (χ4n) is 2.60. The normalized spacial score (nSPS) is 14.8. The molecule has 1 aromatic rings. The zero-order valence-electron chi connectivity index (χ0n) is 12.7. The molecule has 0 aromatic heterocycles. The number of carbonyl (C=O) groups is 1. The summed E-state index contributed by atoms with van der Waals surface area (Å²) in [6.07, 6.45) is 3.74. The molecule has 0 fully saturated rings. The van der Waals surface area contributed by atoms with Crippen LogP contribution in [0.25, 0.3) is 0 Å². The molecule has 0 bridgehead atoms. The molecule has 0 saturated heterocycles. The third kappa shape index (κ3) is 3.73. The molecule has 1 unspecified atom stereocenters. The Hall–Kier alpha value is -1.55. The summed E-state index contributed by atoms with van der Waals surface area (Å²) in [6, 6.07) is 7.09. The number of hydrogen-bond acceptors (Lipinski definition) is 2. The summed E-state index contributed by atoms with van der Waals surface area (Å²) in [5.41, 5.74) is 4.36. The van der Waals surface area contributed by atoms with Gasteiger partial charge in [-0.1, -0.05) is 18.2 Å². The number of benzene rings is 1. The number of nitrogens with one attached hydrogen (secondary N) is 2. The zero-order valence-corrected chi connectivity index (χ0v) is 12.7. The first-order valence-corrected chi connectivity index (χ1v) is 7.38. The van der Waals surface area contributed by atoms with Gasteiger partial charge in [0.2, 0.25) is 0 Å². The molecule has 1 aliphatic carbocycles.